The van der Waals surface area contributed by atoms with E-state index in [4.69, 9.17) is 10.3 Å². The van der Waals surface area contributed by atoms with E-state index in [-0.39, 0.29) is 19.1 Å². The van der Waals surface area contributed by atoms with Crippen molar-refractivity contribution < 1.29 is 27.2 Å². The molecule has 8 heteroatoms. The van der Waals surface area contributed by atoms with E-state index in [1.165, 1.54) is 0 Å². The molecular formula is C7H13NO6S. The van der Waals surface area contributed by atoms with Crippen LogP contribution in [0.15, 0.2) is 12.0 Å². The first-order valence-electron chi connectivity index (χ1n) is 4.07. The van der Waals surface area contributed by atoms with Crippen molar-refractivity contribution in [3.05, 3.63) is 12.0 Å². The number of carbonyl (C=O) groups is 1. The Morgan fingerprint density at radius 2 is 2.07 bits per heavy atom. The van der Waals surface area contributed by atoms with Crippen LogP contribution in [-0.4, -0.2) is 37.9 Å². The average molecular weight is 239 g/mol. The van der Waals surface area contributed by atoms with Crippen molar-refractivity contribution in [1.82, 2.24) is 0 Å². The van der Waals surface area contributed by atoms with Gasteiger partial charge in [0.2, 0.25) is 0 Å². The van der Waals surface area contributed by atoms with Crippen LogP contribution < -0.4 is 5.73 Å². The normalized spacial score (nSPS) is 12.3. The molecule has 0 aliphatic carbocycles. The van der Waals surface area contributed by atoms with Crippen molar-refractivity contribution in [2.45, 2.75) is 6.92 Å². The Kier molecular flexibility index (Phi) is 5.72. The van der Waals surface area contributed by atoms with Crippen LogP contribution in [0, 0.1) is 0 Å². The van der Waals surface area contributed by atoms with E-state index in [1.807, 2.05) is 0 Å². The number of hydrogen-bond donors (Lipinski definition) is 2. The third-order valence-corrected chi connectivity index (χ3v) is 1.84. The largest absolute Gasteiger partial charge is 0.478 e. The molecule has 0 fully saturated rings. The predicted octanol–water partition coefficient (Wildman–Crippen LogP) is -0.746. The van der Waals surface area contributed by atoms with Gasteiger partial charge >= 0.3 is 5.97 Å². The van der Waals surface area contributed by atoms with Gasteiger partial charge in [-0.15, -0.1) is 0 Å². The lowest BCUT2D eigenvalue weighted by atomic mass is 10.6. The van der Waals surface area contributed by atoms with Crippen LogP contribution in [0.1, 0.15) is 6.92 Å². The molecule has 0 unspecified atom stereocenters. The number of rotatable bonds is 6. The lowest BCUT2D eigenvalue weighted by molar-refractivity contribution is -0.137. The van der Waals surface area contributed by atoms with Crippen LogP contribution in [0.5, 0.6) is 0 Å². The average Bonchev–Trinajstić information content (AvgIpc) is 2.01. The minimum absolute atomic E-state index is 0.202. The molecule has 7 nitrogen and oxygen atoms in total. The van der Waals surface area contributed by atoms with Gasteiger partial charge in [-0.05, 0) is 6.92 Å². The lowest BCUT2D eigenvalue weighted by Crippen LogP contribution is -2.14. The Morgan fingerprint density at radius 3 is 2.53 bits per heavy atom. The summed E-state index contributed by atoms with van der Waals surface area (Å²) in [7, 11) is -4.08. The Bertz CT molecular complexity index is 333. The highest BCUT2D eigenvalue weighted by molar-refractivity contribution is 7.85. The van der Waals surface area contributed by atoms with Gasteiger partial charge in [0.05, 0.1) is 12.7 Å². The molecule has 0 atom stereocenters. The molecule has 0 radical (unpaired) electrons. The fourth-order valence-electron chi connectivity index (χ4n) is 0.607. The Hall–Kier alpha value is -1.28. The van der Waals surface area contributed by atoms with Crippen LogP contribution in [0.25, 0.3) is 0 Å². The molecule has 0 aromatic rings. The van der Waals surface area contributed by atoms with Gasteiger partial charge in [-0.25, -0.2) is 4.79 Å². The zero-order valence-electron chi connectivity index (χ0n) is 8.17. The van der Waals surface area contributed by atoms with Crippen LogP contribution in [0.2, 0.25) is 0 Å². The molecule has 3 N–H and O–H groups in total. The SMILES string of the molecule is CCOC(=O)C=C(N)OCCS(=O)(=O)O. The molecule has 0 bridgehead atoms. The van der Waals surface area contributed by atoms with Gasteiger partial charge in [-0.2, -0.15) is 8.42 Å². The maximum absolute atomic E-state index is 10.8. The van der Waals surface area contributed by atoms with E-state index in [0.717, 1.165) is 6.08 Å². The van der Waals surface area contributed by atoms with Crippen molar-refractivity contribution in [2.24, 2.45) is 5.73 Å². The molecule has 0 rings (SSSR count). The van der Waals surface area contributed by atoms with E-state index in [9.17, 15) is 13.2 Å². The first-order chi connectivity index (χ1) is 6.85. The van der Waals surface area contributed by atoms with Crippen LogP contribution in [-0.2, 0) is 24.4 Å². The molecular weight excluding hydrogens is 226 g/mol. The van der Waals surface area contributed by atoms with E-state index < -0.39 is 21.8 Å². The third kappa shape index (κ3) is 9.03. The van der Waals surface area contributed by atoms with Gasteiger partial charge in [-0.3, -0.25) is 4.55 Å². The highest BCUT2D eigenvalue weighted by atomic mass is 32.2. The molecule has 0 saturated heterocycles. The number of hydrogen-bond acceptors (Lipinski definition) is 6. The third-order valence-electron chi connectivity index (χ3n) is 1.16. The fraction of sp³-hybridized carbons (Fsp3) is 0.571. The molecule has 0 aromatic heterocycles. The zero-order valence-corrected chi connectivity index (χ0v) is 8.99. The molecule has 0 aliphatic rings. The maximum atomic E-state index is 10.8. The quantitative estimate of drug-likeness (QED) is 0.271. The predicted molar refractivity (Wildman–Crippen MR) is 51.3 cm³/mol. The second-order valence-corrected chi connectivity index (χ2v) is 4.01. The van der Waals surface area contributed by atoms with Gasteiger partial charge < -0.3 is 15.2 Å². The Balaban J connectivity index is 3.93. The van der Waals surface area contributed by atoms with Crippen LogP contribution >= 0.6 is 0 Å². The van der Waals surface area contributed by atoms with Crippen molar-refractivity contribution in [3.8, 4) is 0 Å². The summed E-state index contributed by atoms with van der Waals surface area (Å²) < 4.78 is 38.0. The van der Waals surface area contributed by atoms with Crippen molar-refractivity contribution in [3.63, 3.8) is 0 Å². The summed E-state index contributed by atoms with van der Waals surface area (Å²) in [6.07, 6.45) is 0.882. The Labute approximate surface area is 87.6 Å². The molecule has 0 aromatic carbocycles. The summed E-state index contributed by atoms with van der Waals surface area (Å²) in [5.74, 6) is -1.54. The smallest absolute Gasteiger partial charge is 0.336 e. The molecule has 0 aliphatic heterocycles. The van der Waals surface area contributed by atoms with E-state index in [0.29, 0.717) is 0 Å². The highest BCUT2D eigenvalue weighted by Crippen LogP contribution is 1.92. The van der Waals surface area contributed by atoms with Gasteiger partial charge in [0.1, 0.15) is 12.4 Å². The molecule has 15 heavy (non-hydrogen) atoms. The minimum atomic E-state index is -4.08. The minimum Gasteiger partial charge on any atom is -0.478 e. The van der Waals surface area contributed by atoms with Gasteiger partial charge in [-0.1, -0.05) is 0 Å². The summed E-state index contributed by atoms with van der Waals surface area (Å²) in [6, 6.07) is 0. The van der Waals surface area contributed by atoms with Crippen molar-refractivity contribution >= 4 is 16.1 Å². The van der Waals surface area contributed by atoms with E-state index in [1.54, 1.807) is 6.92 Å². The lowest BCUT2D eigenvalue weighted by Gasteiger charge is -2.04. The van der Waals surface area contributed by atoms with Crippen molar-refractivity contribution in [1.29, 1.82) is 0 Å². The zero-order chi connectivity index (χ0) is 11.9. The van der Waals surface area contributed by atoms with Crippen LogP contribution in [0.4, 0.5) is 0 Å². The molecule has 0 saturated carbocycles. The number of carbonyl (C=O) groups excluding carboxylic acids is 1. The summed E-state index contributed by atoms with van der Waals surface area (Å²) in [5.41, 5.74) is 5.20. The first-order valence-corrected chi connectivity index (χ1v) is 5.68. The number of esters is 1. The topological polar surface area (TPSA) is 116 Å². The standard InChI is InChI=1S/C7H13NO6S/c1-2-13-7(9)5-6(8)14-3-4-15(10,11)12/h5H,2-4,8H2,1H3,(H,10,11,12). The van der Waals surface area contributed by atoms with E-state index >= 15 is 0 Å². The van der Waals surface area contributed by atoms with Gasteiger partial charge in [0.15, 0.2) is 5.88 Å². The van der Waals surface area contributed by atoms with Crippen molar-refractivity contribution in [2.75, 3.05) is 19.0 Å². The fourth-order valence-corrected chi connectivity index (χ4v) is 0.901. The second kappa shape index (κ2) is 6.25. The first kappa shape index (κ1) is 13.7. The summed E-state index contributed by atoms with van der Waals surface area (Å²) in [5, 5.41) is 0. The van der Waals surface area contributed by atoms with Gasteiger partial charge in [0.25, 0.3) is 10.1 Å². The monoisotopic (exact) mass is 239 g/mol. The highest BCUT2D eigenvalue weighted by Gasteiger charge is 2.05. The Morgan fingerprint density at radius 1 is 1.47 bits per heavy atom. The van der Waals surface area contributed by atoms with Gasteiger partial charge in [0, 0.05) is 0 Å². The summed E-state index contributed by atoms with van der Waals surface area (Å²) in [4.78, 5) is 10.8. The maximum Gasteiger partial charge on any atom is 0.336 e. The van der Waals surface area contributed by atoms with Crippen LogP contribution in [0.3, 0.4) is 0 Å². The molecule has 0 spiro atoms. The second-order valence-electron chi connectivity index (χ2n) is 2.43. The molecule has 0 heterocycles. The molecule has 88 valence electrons. The summed E-state index contributed by atoms with van der Waals surface area (Å²) >= 11 is 0. The number of ether oxygens (including phenoxy) is 2. The molecule has 0 amide bonds. The summed E-state index contributed by atoms with van der Waals surface area (Å²) in [6.45, 7) is 1.50. The van der Waals surface area contributed by atoms with E-state index in [2.05, 4.69) is 9.47 Å². The number of nitrogens with two attached hydrogens (primary N) is 1.